The van der Waals surface area contributed by atoms with Gasteiger partial charge in [0.2, 0.25) is 5.91 Å². The summed E-state index contributed by atoms with van der Waals surface area (Å²) < 4.78 is 33.5. The van der Waals surface area contributed by atoms with Gasteiger partial charge in [0.05, 0.1) is 6.10 Å². The average molecular weight is 287 g/mol. The second kappa shape index (κ2) is 7.79. The molecule has 0 heterocycles. The van der Waals surface area contributed by atoms with E-state index in [0.29, 0.717) is 6.54 Å². The van der Waals surface area contributed by atoms with E-state index in [9.17, 15) is 13.6 Å². The number of benzene rings is 1. The molecular weight excluding hydrogens is 268 g/mol. The number of halogens is 2. The van der Waals surface area contributed by atoms with E-state index in [1.54, 1.807) is 19.2 Å². The van der Waals surface area contributed by atoms with E-state index in [4.69, 9.17) is 4.74 Å². The number of alkyl halides is 2. The molecule has 0 radical (unpaired) electrons. The molecule has 0 aliphatic rings. The van der Waals surface area contributed by atoms with Crippen molar-refractivity contribution >= 4 is 5.91 Å². The summed E-state index contributed by atoms with van der Waals surface area (Å²) in [5, 5.41) is 0. The predicted octanol–water partition coefficient (Wildman–Crippen LogP) is 2.67. The van der Waals surface area contributed by atoms with Gasteiger partial charge in [-0.25, -0.2) is 0 Å². The molecule has 0 aliphatic carbocycles. The Morgan fingerprint density at radius 2 is 1.85 bits per heavy atom. The van der Waals surface area contributed by atoms with Crippen LogP contribution in [0.5, 0.6) is 5.75 Å². The zero-order valence-corrected chi connectivity index (χ0v) is 11.8. The van der Waals surface area contributed by atoms with Gasteiger partial charge in [-0.2, -0.15) is 8.78 Å². The van der Waals surface area contributed by atoms with Crippen molar-refractivity contribution in [3.63, 3.8) is 0 Å². The molecule has 0 atom stereocenters. The first-order chi connectivity index (χ1) is 9.38. The summed E-state index contributed by atoms with van der Waals surface area (Å²) in [6.45, 7) is 1.29. The highest BCUT2D eigenvalue weighted by Crippen LogP contribution is 2.15. The predicted molar refractivity (Wildman–Crippen MR) is 70.6 cm³/mol. The van der Waals surface area contributed by atoms with Crippen molar-refractivity contribution in [1.29, 1.82) is 0 Å². The highest BCUT2D eigenvalue weighted by molar-refractivity contribution is 5.77. The summed E-state index contributed by atoms with van der Waals surface area (Å²) in [5.74, 6) is -0.0347. The summed E-state index contributed by atoms with van der Waals surface area (Å²) >= 11 is 0. The van der Waals surface area contributed by atoms with Crippen molar-refractivity contribution < 1.29 is 23.0 Å². The van der Waals surface area contributed by atoms with E-state index in [0.717, 1.165) is 5.56 Å². The number of carbonyl (C=O) groups is 1. The molecule has 0 aliphatic heterocycles. The Morgan fingerprint density at radius 1 is 1.25 bits per heavy atom. The van der Waals surface area contributed by atoms with Gasteiger partial charge in [0.1, 0.15) is 12.4 Å². The van der Waals surface area contributed by atoms with Gasteiger partial charge < -0.3 is 14.4 Å². The number of likely N-dealkylation sites (N-methyl/N-ethyl adjacent to an activating group) is 1. The van der Waals surface area contributed by atoms with Crippen LogP contribution in [0.3, 0.4) is 0 Å². The number of ether oxygens (including phenoxy) is 2. The lowest BCUT2D eigenvalue weighted by Crippen LogP contribution is -2.30. The quantitative estimate of drug-likeness (QED) is 0.774. The molecule has 6 heteroatoms. The molecule has 0 unspecified atom stereocenters. The van der Waals surface area contributed by atoms with Crippen LogP contribution in [0, 0.1) is 0 Å². The summed E-state index contributed by atoms with van der Waals surface area (Å²) in [4.78, 5) is 13.3. The maximum absolute atomic E-state index is 12.0. The molecule has 0 bridgehead atoms. The molecule has 1 aromatic rings. The lowest BCUT2D eigenvalue weighted by Gasteiger charge is -2.18. The van der Waals surface area contributed by atoms with Gasteiger partial charge in [-0.15, -0.1) is 0 Å². The third-order valence-corrected chi connectivity index (χ3v) is 2.53. The monoisotopic (exact) mass is 287 g/mol. The number of carbonyl (C=O) groups excluding carboxylic acids is 1. The molecule has 0 spiro atoms. The lowest BCUT2D eigenvalue weighted by molar-refractivity contribution is -0.136. The van der Waals surface area contributed by atoms with E-state index in [1.165, 1.54) is 17.0 Å². The van der Waals surface area contributed by atoms with Crippen LogP contribution < -0.4 is 4.74 Å². The maximum Gasteiger partial charge on any atom is 0.387 e. The molecule has 20 heavy (non-hydrogen) atoms. The van der Waals surface area contributed by atoms with E-state index in [2.05, 4.69) is 4.74 Å². The molecule has 1 rings (SSSR count). The van der Waals surface area contributed by atoms with Gasteiger partial charge in [-0.05, 0) is 31.5 Å². The first-order valence-electron chi connectivity index (χ1n) is 6.27. The molecule has 0 saturated carbocycles. The fourth-order valence-corrected chi connectivity index (χ4v) is 1.49. The van der Waals surface area contributed by atoms with E-state index in [-0.39, 0.29) is 24.4 Å². The minimum Gasteiger partial charge on any atom is -0.435 e. The van der Waals surface area contributed by atoms with Gasteiger partial charge in [0.15, 0.2) is 0 Å². The average Bonchev–Trinajstić information content (AvgIpc) is 2.37. The zero-order chi connectivity index (χ0) is 15.1. The Kier molecular flexibility index (Phi) is 6.38. The Bertz CT molecular complexity index is 421. The van der Waals surface area contributed by atoms with E-state index >= 15 is 0 Å². The summed E-state index contributed by atoms with van der Waals surface area (Å²) in [5.41, 5.74) is 0.826. The smallest absolute Gasteiger partial charge is 0.387 e. The van der Waals surface area contributed by atoms with Gasteiger partial charge in [0.25, 0.3) is 0 Å². The van der Waals surface area contributed by atoms with Gasteiger partial charge in [-0.1, -0.05) is 12.1 Å². The molecule has 0 saturated heterocycles. The van der Waals surface area contributed by atoms with Gasteiger partial charge >= 0.3 is 6.61 Å². The molecule has 0 N–H and O–H groups in total. The normalized spacial score (nSPS) is 10.9. The molecule has 0 aromatic heterocycles. The Labute approximate surface area is 117 Å². The SMILES string of the molecule is CC(C)OCC(=O)N(C)Cc1ccc(OC(F)F)cc1. The summed E-state index contributed by atoms with van der Waals surface area (Å²) in [6, 6.07) is 6.18. The molecule has 112 valence electrons. The van der Waals surface area contributed by atoms with Crippen molar-refractivity contribution in [2.45, 2.75) is 33.1 Å². The second-order valence-electron chi connectivity index (χ2n) is 4.63. The molecule has 1 amide bonds. The number of hydrogen-bond donors (Lipinski definition) is 0. The minimum atomic E-state index is -2.83. The fourth-order valence-electron chi connectivity index (χ4n) is 1.49. The van der Waals surface area contributed by atoms with Gasteiger partial charge in [0, 0.05) is 13.6 Å². The second-order valence-corrected chi connectivity index (χ2v) is 4.63. The van der Waals surface area contributed by atoms with Crippen LogP contribution in [-0.2, 0) is 16.1 Å². The topological polar surface area (TPSA) is 38.8 Å². The third kappa shape index (κ3) is 5.97. The highest BCUT2D eigenvalue weighted by Gasteiger charge is 2.11. The van der Waals surface area contributed by atoms with Crippen molar-refractivity contribution in [2.75, 3.05) is 13.7 Å². The molecule has 0 fully saturated rings. The van der Waals surface area contributed by atoms with Crippen LogP contribution in [0.4, 0.5) is 8.78 Å². The first-order valence-corrected chi connectivity index (χ1v) is 6.27. The van der Waals surface area contributed by atoms with Crippen LogP contribution in [0.2, 0.25) is 0 Å². The maximum atomic E-state index is 12.0. The number of nitrogens with zero attached hydrogens (tertiary/aromatic N) is 1. The number of hydrogen-bond acceptors (Lipinski definition) is 3. The van der Waals surface area contributed by atoms with E-state index in [1.807, 2.05) is 13.8 Å². The van der Waals surface area contributed by atoms with Crippen LogP contribution in [0.1, 0.15) is 19.4 Å². The van der Waals surface area contributed by atoms with E-state index < -0.39 is 6.61 Å². The van der Waals surface area contributed by atoms with Crippen LogP contribution in [0.15, 0.2) is 24.3 Å². The van der Waals surface area contributed by atoms with Crippen molar-refractivity contribution in [1.82, 2.24) is 4.90 Å². The van der Waals surface area contributed by atoms with Crippen molar-refractivity contribution in [3.05, 3.63) is 29.8 Å². The summed E-state index contributed by atoms with van der Waals surface area (Å²) in [6.07, 6.45) is -0.00173. The minimum absolute atomic E-state index is 0.00173. The first kappa shape index (κ1) is 16.4. The number of amides is 1. The number of rotatable bonds is 7. The highest BCUT2D eigenvalue weighted by atomic mass is 19.3. The standard InChI is InChI=1S/C14H19F2NO3/c1-10(2)19-9-13(18)17(3)8-11-4-6-12(7-5-11)20-14(15)16/h4-7,10,14H,8-9H2,1-3H3. The van der Waals surface area contributed by atoms with Crippen molar-refractivity contribution in [2.24, 2.45) is 0 Å². The largest absolute Gasteiger partial charge is 0.435 e. The van der Waals surface area contributed by atoms with Crippen molar-refractivity contribution in [3.8, 4) is 5.75 Å². The Hall–Kier alpha value is -1.69. The van der Waals surface area contributed by atoms with Crippen LogP contribution >= 0.6 is 0 Å². The Balaban J connectivity index is 2.49. The fraction of sp³-hybridized carbons (Fsp3) is 0.500. The molecular formula is C14H19F2NO3. The van der Waals surface area contributed by atoms with Crippen LogP contribution in [0.25, 0.3) is 0 Å². The third-order valence-electron chi connectivity index (χ3n) is 2.53. The van der Waals surface area contributed by atoms with Crippen LogP contribution in [-0.4, -0.2) is 37.2 Å². The molecule has 1 aromatic carbocycles. The molecule has 4 nitrogen and oxygen atoms in total. The van der Waals surface area contributed by atoms with Gasteiger partial charge in [-0.3, -0.25) is 4.79 Å². The Morgan fingerprint density at radius 3 is 2.35 bits per heavy atom. The lowest BCUT2D eigenvalue weighted by atomic mass is 10.2. The summed E-state index contributed by atoms with van der Waals surface area (Å²) in [7, 11) is 1.66. The zero-order valence-electron chi connectivity index (χ0n) is 11.8.